The Bertz CT molecular complexity index is 1750. The van der Waals surface area contributed by atoms with Crippen molar-refractivity contribution in [2.45, 2.75) is 29.4 Å². The third kappa shape index (κ3) is 4.36. The zero-order valence-corrected chi connectivity index (χ0v) is 24.6. The second-order valence-corrected chi connectivity index (χ2v) is 13.1. The van der Waals surface area contributed by atoms with E-state index in [0.717, 1.165) is 0 Å². The first kappa shape index (κ1) is 30.1. The van der Waals surface area contributed by atoms with Gasteiger partial charge in [0.05, 0.1) is 22.2 Å². The number of phenols is 1. The van der Waals surface area contributed by atoms with E-state index in [1.807, 2.05) is 0 Å². The Morgan fingerprint density at radius 1 is 1.07 bits per heavy atom. The first-order chi connectivity index (χ1) is 20.0. The van der Waals surface area contributed by atoms with Crippen LogP contribution in [0.4, 0.5) is 11.4 Å². The lowest BCUT2D eigenvalue weighted by molar-refractivity contribution is -0.153. The number of anilines is 2. The molecule has 0 spiro atoms. The number of fused-ring (bicyclic) bond motifs is 3. The number of primary amides is 1. The third-order valence-electron chi connectivity index (χ3n) is 8.48. The van der Waals surface area contributed by atoms with Gasteiger partial charge >= 0.3 is 0 Å². The minimum Gasteiger partial charge on any atom is -0.508 e. The van der Waals surface area contributed by atoms with Gasteiger partial charge in [-0.3, -0.25) is 24.0 Å². The van der Waals surface area contributed by atoms with Crippen LogP contribution in [0, 0.1) is 11.8 Å². The second kappa shape index (κ2) is 10.1. The number of Topliss-reactive ketones (excluding diaryl/α,β-unsaturated/α-hetero) is 2. The van der Waals surface area contributed by atoms with Crippen molar-refractivity contribution < 1.29 is 43.2 Å². The van der Waals surface area contributed by atoms with Crippen LogP contribution in [0.1, 0.15) is 17.5 Å². The van der Waals surface area contributed by atoms with E-state index in [9.17, 15) is 43.2 Å². The number of phenolic OH excluding ortho intramolecular Hbond substituents is 1. The molecular weight excluding hydrogens is 580 g/mol. The van der Waals surface area contributed by atoms with Crippen LogP contribution in [0.15, 0.2) is 58.2 Å². The molecule has 0 bridgehead atoms. The zero-order chi connectivity index (χ0) is 31.8. The number of nitrogens with two attached hydrogens (primary N) is 1. The number of rotatable bonds is 6. The van der Waals surface area contributed by atoms with Crippen LogP contribution in [0.3, 0.4) is 0 Å². The maximum atomic E-state index is 14.1. The normalized spacial score (nSPS) is 25.3. The number of aliphatic hydroxyl groups is 3. The molecule has 0 radical (unpaired) electrons. The van der Waals surface area contributed by atoms with E-state index in [2.05, 4.69) is 4.72 Å². The average molecular weight is 613 g/mol. The number of aromatic hydroxyl groups is 1. The number of sulfonamides is 1. The fourth-order valence-corrected chi connectivity index (χ4v) is 7.65. The molecule has 7 N–H and O–H groups in total. The van der Waals surface area contributed by atoms with Crippen molar-refractivity contribution in [1.29, 1.82) is 0 Å². The molecule has 1 saturated carbocycles. The van der Waals surface area contributed by atoms with Crippen molar-refractivity contribution in [3.05, 3.63) is 64.4 Å². The SMILES string of the molecule is CN(C)c1cc(NS(=O)(=O)c2ccccc2)c(O)c2c1C[C@@H]1C[C@@H]3[C@H](N(C)C)C(=O)C(C(N)=O)=C(O)[C@@]3(O)C(=O)C1=C2O. The molecule has 4 atom stereocenters. The Hall–Kier alpha value is -4.40. The number of carbonyl (C=O) groups excluding carboxylic acids is 3. The van der Waals surface area contributed by atoms with E-state index >= 15 is 0 Å². The first-order valence-electron chi connectivity index (χ1n) is 13.3. The first-order valence-corrected chi connectivity index (χ1v) is 14.8. The van der Waals surface area contributed by atoms with Crippen molar-refractivity contribution in [3.63, 3.8) is 0 Å². The summed E-state index contributed by atoms with van der Waals surface area (Å²) in [4.78, 5) is 42.5. The van der Waals surface area contributed by atoms with Gasteiger partial charge in [-0.25, -0.2) is 8.42 Å². The highest BCUT2D eigenvalue weighted by atomic mass is 32.2. The lowest BCUT2D eigenvalue weighted by atomic mass is 9.57. The Morgan fingerprint density at radius 2 is 1.70 bits per heavy atom. The lowest BCUT2D eigenvalue weighted by Crippen LogP contribution is -2.65. The number of ketones is 2. The summed E-state index contributed by atoms with van der Waals surface area (Å²) in [7, 11) is 2.23. The number of nitrogens with one attached hydrogen (secondary N) is 1. The molecule has 1 fully saturated rings. The average Bonchev–Trinajstić information content (AvgIpc) is 2.92. The van der Waals surface area contributed by atoms with Gasteiger partial charge in [-0.05, 0) is 56.6 Å². The predicted molar refractivity (Wildman–Crippen MR) is 156 cm³/mol. The quantitative estimate of drug-likeness (QED) is 0.199. The monoisotopic (exact) mass is 612 g/mol. The number of amides is 1. The molecule has 2 aromatic carbocycles. The molecule has 0 aliphatic heterocycles. The van der Waals surface area contributed by atoms with Gasteiger partial charge in [0, 0.05) is 31.3 Å². The fourth-order valence-electron chi connectivity index (χ4n) is 6.57. The number of likely N-dealkylation sites (N-methyl/N-ethyl adjacent to an activating group) is 1. The van der Waals surface area contributed by atoms with E-state index in [1.54, 1.807) is 25.1 Å². The lowest BCUT2D eigenvalue weighted by Gasteiger charge is -2.50. The Balaban J connectivity index is 1.72. The summed E-state index contributed by atoms with van der Waals surface area (Å²) in [5.74, 6) is -7.88. The molecule has 3 aliphatic rings. The standard InChI is InChI=1S/C29H32N4O9S/c1-32(2)18-12-17(31-43(41,42)14-8-6-5-7-9-14)23(34)20-15(18)10-13-11-16-22(33(3)4)25(36)21(28(30)39)27(38)29(16,40)26(37)19(13)24(20)35/h5-9,12-13,16,22,31,34-35,38,40H,10-11H2,1-4H3,(H2,30,39)/t13-,16-,22+,29+/m1/s1. The van der Waals surface area contributed by atoms with Gasteiger partial charge in [0.1, 0.15) is 17.1 Å². The molecule has 43 heavy (non-hydrogen) atoms. The molecule has 0 unspecified atom stereocenters. The summed E-state index contributed by atoms with van der Waals surface area (Å²) >= 11 is 0. The molecule has 13 nitrogen and oxygen atoms in total. The van der Waals surface area contributed by atoms with Crippen LogP contribution in [0.2, 0.25) is 0 Å². The van der Waals surface area contributed by atoms with Crippen LogP contribution in [0.5, 0.6) is 5.75 Å². The van der Waals surface area contributed by atoms with Gasteiger partial charge in [0.2, 0.25) is 5.78 Å². The summed E-state index contributed by atoms with van der Waals surface area (Å²) in [5, 5.41) is 45.7. The minimum absolute atomic E-state index is 0.0569. The molecule has 228 valence electrons. The molecule has 14 heteroatoms. The van der Waals surface area contributed by atoms with Crippen LogP contribution < -0.4 is 15.4 Å². The van der Waals surface area contributed by atoms with E-state index in [4.69, 9.17) is 5.73 Å². The number of hydrogen-bond acceptors (Lipinski definition) is 11. The smallest absolute Gasteiger partial charge is 0.262 e. The predicted octanol–water partition coefficient (Wildman–Crippen LogP) is 0.831. The van der Waals surface area contributed by atoms with Crippen LogP contribution in [0.25, 0.3) is 5.76 Å². The van der Waals surface area contributed by atoms with Gasteiger partial charge in [-0.15, -0.1) is 0 Å². The number of hydrogen-bond donors (Lipinski definition) is 6. The maximum absolute atomic E-state index is 14.1. The second-order valence-electron chi connectivity index (χ2n) is 11.4. The molecule has 2 aromatic rings. The highest BCUT2D eigenvalue weighted by Crippen LogP contribution is 2.54. The van der Waals surface area contributed by atoms with Crippen molar-refractivity contribution in [2.75, 3.05) is 37.8 Å². The van der Waals surface area contributed by atoms with Crippen molar-refractivity contribution in [1.82, 2.24) is 4.90 Å². The largest absolute Gasteiger partial charge is 0.508 e. The van der Waals surface area contributed by atoms with E-state index in [0.29, 0.717) is 11.3 Å². The Kier molecular flexibility index (Phi) is 7.07. The molecule has 0 heterocycles. The number of aliphatic hydroxyl groups excluding tert-OH is 2. The summed E-state index contributed by atoms with van der Waals surface area (Å²) in [6.45, 7) is 0. The van der Waals surface area contributed by atoms with Gasteiger partial charge in [-0.1, -0.05) is 18.2 Å². The molecule has 1 amide bonds. The zero-order valence-electron chi connectivity index (χ0n) is 23.8. The van der Waals surface area contributed by atoms with Gasteiger partial charge in [-0.2, -0.15) is 0 Å². The van der Waals surface area contributed by atoms with E-state index < -0.39 is 73.8 Å². The molecular formula is C29H32N4O9S. The minimum atomic E-state index is -4.18. The molecule has 5 rings (SSSR count). The Labute approximate surface area is 247 Å². The summed E-state index contributed by atoms with van der Waals surface area (Å²) in [5.41, 5.74) is 1.66. The van der Waals surface area contributed by atoms with Gasteiger partial charge < -0.3 is 31.1 Å². The van der Waals surface area contributed by atoms with E-state index in [1.165, 1.54) is 49.3 Å². The van der Waals surface area contributed by atoms with Crippen molar-refractivity contribution >= 4 is 44.6 Å². The number of nitrogens with zero attached hydrogens (tertiary/aromatic N) is 2. The summed E-state index contributed by atoms with van der Waals surface area (Å²) in [6.07, 6.45) is -0.0108. The number of benzene rings is 2. The van der Waals surface area contributed by atoms with Crippen LogP contribution in [-0.4, -0.2) is 91.1 Å². The van der Waals surface area contributed by atoms with Crippen molar-refractivity contribution in [3.8, 4) is 5.75 Å². The van der Waals surface area contributed by atoms with Gasteiger partial charge in [0.15, 0.2) is 17.1 Å². The topological polar surface area (TPSA) is 211 Å². The third-order valence-corrected chi connectivity index (χ3v) is 9.86. The molecule has 3 aliphatic carbocycles. The maximum Gasteiger partial charge on any atom is 0.262 e. The fraction of sp³-hybridized carbons (Fsp3) is 0.345. The number of carbonyl (C=O) groups is 3. The summed E-state index contributed by atoms with van der Waals surface area (Å²) in [6, 6.07) is 7.64. The van der Waals surface area contributed by atoms with Crippen molar-refractivity contribution in [2.24, 2.45) is 17.6 Å². The summed E-state index contributed by atoms with van der Waals surface area (Å²) < 4.78 is 28.5. The highest BCUT2D eigenvalue weighted by molar-refractivity contribution is 7.92. The van der Waals surface area contributed by atoms with Crippen LogP contribution >= 0.6 is 0 Å². The molecule has 0 saturated heterocycles. The Morgan fingerprint density at radius 3 is 2.26 bits per heavy atom. The molecule has 0 aromatic heterocycles. The van der Waals surface area contributed by atoms with Crippen LogP contribution in [-0.2, 0) is 30.8 Å². The highest BCUT2D eigenvalue weighted by Gasteiger charge is 2.64. The van der Waals surface area contributed by atoms with E-state index in [-0.39, 0.29) is 34.6 Å². The van der Waals surface area contributed by atoms with Gasteiger partial charge in [0.25, 0.3) is 15.9 Å².